The minimum atomic E-state index is -3.53. The van der Waals surface area contributed by atoms with Crippen LogP contribution in [0, 0.1) is 11.3 Å². The molecule has 0 aliphatic rings. The number of nitrogens with zero attached hydrogens (tertiary/aromatic N) is 1. The monoisotopic (exact) mass is 301 g/mol. The zero-order valence-corrected chi connectivity index (χ0v) is 12.1. The molecule has 0 heterocycles. The number of nitriles is 1. The van der Waals surface area contributed by atoms with E-state index in [1.54, 1.807) is 48.5 Å². The molecule has 2 aromatic carbocycles. The molecular formula is C15H15N3O2S. The molecule has 0 spiro atoms. The molecule has 0 fully saturated rings. The first-order chi connectivity index (χ1) is 10.0. The highest BCUT2D eigenvalue weighted by atomic mass is 32.2. The smallest absolute Gasteiger partial charge is 0.236 e. The van der Waals surface area contributed by atoms with E-state index in [4.69, 9.17) is 11.0 Å². The SMILES string of the molecule is N#Cc1ccc(CS(=O)(=O)Nc2ccccc2CN)cc1. The summed E-state index contributed by atoms with van der Waals surface area (Å²) < 4.78 is 26.9. The van der Waals surface area contributed by atoms with E-state index in [-0.39, 0.29) is 12.3 Å². The van der Waals surface area contributed by atoms with E-state index in [1.165, 1.54) is 0 Å². The molecule has 0 saturated heterocycles. The summed E-state index contributed by atoms with van der Waals surface area (Å²) in [6.07, 6.45) is 0. The van der Waals surface area contributed by atoms with Crippen molar-refractivity contribution >= 4 is 15.7 Å². The molecule has 0 unspecified atom stereocenters. The van der Waals surface area contributed by atoms with Crippen molar-refractivity contribution in [3.8, 4) is 6.07 Å². The molecule has 5 nitrogen and oxygen atoms in total. The van der Waals surface area contributed by atoms with Gasteiger partial charge in [-0.2, -0.15) is 5.26 Å². The summed E-state index contributed by atoms with van der Waals surface area (Å²) >= 11 is 0. The van der Waals surface area contributed by atoms with Crippen LogP contribution in [0.3, 0.4) is 0 Å². The Hall–Kier alpha value is -2.36. The second-order valence-electron chi connectivity index (χ2n) is 4.53. The standard InChI is InChI=1S/C15H15N3O2S/c16-9-12-5-7-13(8-6-12)11-21(19,20)18-15-4-2-1-3-14(15)10-17/h1-8,18H,10-11,17H2. The highest BCUT2D eigenvalue weighted by Gasteiger charge is 2.13. The molecule has 0 radical (unpaired) electrons. The van der Waals surface area contributed by atoms with Crippen LogP contribution in [0.1, 0.15) is 16.7 Å². The highest BCUT2D eigenvalue weighted by Crippen LogP contribution is 2.17. The predicted octanol–water partition coefficient (Wildman–Crippen LogP) is 1.96. The van der Waals surface area contributed by atoms with Crippen LogP contribution in [-0.4, -0.2) is 8.42 Å². The lowest BCUT2D eigenvalue weighted by molar-refractivity contribution is 0.600. The third-order valence-electron chi connectivity index (χ3n) is 2.94. The van der Waals surface area contributed by atoms with E-state index in [2.05, 4.69) is 4.72 Å². The van der Waals surface area contributed by atoms with E-state index in [0.717, 1.165) is 5.56 Å². The van der Waals surface area contributed by atoms with Crippen LogP contribution in [0.5, 0.6) is 0 Å². The summed E-state index contributed by atoms with van der Waals surface area (Å²) in [5.41, 5.74) is 7.93. The third-order valence-corrected chi connectivity index (χ3v) is 4.19. The average Bonchev–Trinajstić information content (AvgIpc) is 2.47. The summed E-state index contributed by atoms with van der Waals surface area (Å²) in [4.78, 5) is 0. The summed E-state index contributed by atoms with van der Waals surface area (Å²) in [5.74, 6) is -0.155. The molecule has 2 aromatic rings. The van der Waals surface area contributed by atoms with E-state index < -0.39 is 10.0 Å². The Kier molecular flexibility index (Phi) is 4.58. The molecule has 0 atom stereocenters. The van der Waals surface area contributed by atoms with Gasteiger partial charge in [0.2, 0.25) is 10.0 Å². The van der Waals surface area contributed by atoms with Crippen molar-refractivity contribution in [1.29, 1.82) is 5.26 Å². The largest absolute Gasteiger partial charge is 0.326 e. The Balaban J connectivity index is 2.16. The van der Waals surface area contributed by atoms with Crippen LogP contribution >= 0.6 is 0 Å². The first-order valence-electron chi connectivity index (χ1n) is 6.31. The molecule has 0 amide bonds. The van der Waals surface area contributed by atoms with Crippen molar-refractivity contribution in [2.75, 3.05) is 4.72 Å². The lowest BCUT2D eigenvalue weighted by atomic mass is 10.2. The molecule has 2 rings (SSSR count). The summed E-state index contributed by atoms with van der Waals surface area (Å²) in [7, 11) is -3.53. The van der Waals surface area contributed by atoms with Crippen LogP contribution in [0.15, 0.2) is 48.5 Å². The predicted molar refractivity (Wildman–Crippen MR) is 81.7 cm³/mol. The molecule has 0 saturated carbocycles. The number of sulfonamides is 1. The number of hydrogen-bond donors (Lipinski definition) is 2. The van der Waals surface area contributed by atoms with Gasteiger partial charge in [0.1, 0.15) is 0 Å². The molecule has 0 aromatic heterocycles. The molecular weight excluding hydrogens is 286 g/mol. The van der Waals surface area contributed by atoms with Gasteiger partial charge < -0.3 is 5.73 Å². The lowest BCUT2D eigenvalue weighted by Crippen LogP contribution is -2.16. The van der Waals surface area contributed by atoms with Crippen LogP contribution in [0.25, 0.3) is 0 Å². The number of rotatable bonds is 5. The average molecular weight is 301 g/mol. The Bertz CT molecular complexity index is 762. The van der Waals surface area contributed by atoms with Crippen molar-refractivity contribution in [2.45, 2.75) is 12.3 Å². The van der Waals surface area contributed by atoms with Gasteiger partial charge in [0.05, 0.1) is 23.1 Å². The van der Waals surface area contributed by atoms with Gasteiger partial charge in [-0.1, -0.05) is 30.3 Å². The maximum atomic E-state index is 12.2. The van der Waals surface area contributed by atoms with Crippen molar-refractivity contribution in [2.24, 2.45) is 5.73 Å². The minimum absolute atomic E-state index is 0.155. The van der Waals surface area contributed by atoms with Gasteiger partial charge in [-0.3, -0.25) is 4.72 Å². The number of para-hydroxylation sites is 1. The van der Waals surface area contributed by atoms with Gasteiger partial charge in [0.25, 0.3) is 0 Å². The molecule has 0 aliphatic heterocycles. The molecule has 3 N–H and O–H groups in total. The fourth-order valence-electron chi connectivity index (χ4n) is 1.90. The molecule has 0 bridgehead atoms. The number of anilines is 1. The van der Waals surface area contributed by atoms with Gasteiger partial charge >= 0.3 is 0 Å². The van der Waals surface area contributed by atoms with Crippen LogP contribution in [0.2, 0.25) is 0 Å². The Morgan fingerprint density at radius 2 is 1.76 bits per heavy atom. The minimum Gasteiger partial charge on any atom is -0.326 e. The van der Waals surface area contributed by atoms with Crippen LogP contribution in [-0.2, 0) is 22.3 Å². The van der Waals surface area contributed by atoms with E-state index >= 15 is 0 Å². The first-order valence-corrected chi connectivity index (χ1v) is 7.97. The van der Waals surface area contributed by atoms with Gasteiger partial charge in [0.15, 0.2) is 0 Å². The van der Waals surface area contributed by atoms with Crippen molar-refractivity contribution < 1.29 is 8.42 Å². The number of hydrogen-bond acceptors (Lipinski definition) is 4. The summed E-state index contributed by atoms with van der Waals surface area (Å²) in [6.45, 7) is 0.259. The molecule has 21 heavy (non-hydrogen) atoms. The van der Waals surface area contributed by atoms with Crippen LogP contribution < -0.4 is 10.5 Å². The third kappa shape index (κ3) is 4.05. The molecule has 108 valence electrons. The van der Waals surface area contributed by atoms with Crippen molar-refractivity contribution in [3.05, 3.63) is 65.2 Å². The maximum Gasteiger partial charge on any atom is 0.236 e. The number of nitrogens with two attached hydrogens (primary N) is 1. The molecule has 0 aliphatic carbocycles. The van der Waals surface area contributed by atoms with Gasteiger partial charge in [-0.05, 0) is 29.3 Å². The topological polar surface area (TPSA) is 96.0 Å². The van der Waals surface area contributed by atoms with Crippen molar-refractivity contribution in [1.82, 2.24) is 0 Å². The first kappa shape index (κ1) is 15.0. The number of nitrogens with one attached hydrogen (secondary N) is 1. The Morgan fingerprint density at radius 3 is 2.38 bits per heavy atom. The second kappa shape index (κ2) is 6.39. The summed E-state index contributed by atoms with van der Waals surface area (Å²) in [6, 6.07) is 15.5. The fraction of sp³-hybridized carbons (Fsp3) is 0.133. The zero-order chi connectivity index (χ0) is 15.3. The quantitative estimate of drug-likeness (QED) is 0.882. The zero-order valence-electron chi connectivity index (χ0n) is 11.3. The van der Waals surface area contributed by atoms with Gasteiger partial charge in [0, 0.05) is 6.54 Å². The lowest BCUT2D eigenvalue weighted by Gasteiger charge is -2.11. The van der Waals surface area contributed by atoms with E-state index in [1.807, 2.05) is 6.07 Å². The molecule has 6 heteroatoms. The maximum absolute atomic E-state index is 12.2. The fourth-order valence-corrected chi connectivity index (χ4v) is 3.13. The van der Waals surface area contributed by atoms with Gasteiger partial charge in [-0.15, -0.1) is 0 Å². The second-order valence-corrected chi connectivity index (χ2v) is 6.25. The highest BCUT2D eigenvalue weighted by molar-refractivity contribution is 7.91. The van der Waals surface area contributed by atoms with Gasteiger partial charge in [-0.25, -0.2) is 8.42 Å². The van der Waals surface area contributed by atoms with E-state index in [0.29, 0.717) is 16.8 Å². The normalized spacial score (nSPS) is 10.9. The van der Waals surface area contributed by atoms with E-state index in [9.17, 15) is 8.42 Å². The Labute approximate surface area is 124 Å². The summed E-state index contributed by atoms with van der Waals surface area (Å²) in [5, 5.41) is 8.72. The van der Waals surface area contributed by atoms with Crippen LogP contribution in [0.4, 0.5) is 5.69 Å². The number of benzene rings is 2. The van der Waals surface area contributed by atoms with Crippen molar-refractivity contribution in [3.63, 3.8) is 0 Å². The Morgan fingerprint density at radius 1 is 1.10 bits per heavy atom.